The minimum Gasteiger partial charge on any atom is -0.740 e. The Kier molecular flexibility index (Phi) is 2.52. The second kappa shape index (κ2) is 3.67. The topological polar surface area (TPSA) is 30.7 Å². The molecule has 5 heteroatoms. The number of rotatable bonds is 1. The number of hydrogen-bond donors (Lipinski definition) is 0. The van der Waals surface area contributed by atoms with Gasteiger partial charge in [0.15, 0.2) is 5.82 Å². The molecule has 0 saturated heterocycles. The van der Waals surface area contributed by atoms with Gasteiger partial charge in [-0.05, 0) is 12.1 Å². The van der Waals surface area contributed by atoms with Crippen molar-refractivity contribution in [2.45, 2.75) is 5.16 Å². The molecule has 2 aromatic rings. The quantitative estimate of drug-likeness (QED) is 0.743. The highest BCUT2D eigenvalue weighted by Gasteiger charge is 2.03. The molecule has 0 aliphatic carbocycles. The summed E-state index contributed by atoms with van der Waals surface area (Å²) in [5.41, 5.74) is 1.01. The van der Waals surface area contributed by atoms with Crippen molar-refractivity contribution in [1.82, 2.24) is 14.8 Å². The van der Waals surface area contributed by atoms with Crippen molar-refractivity contribution in [2.24, 2.45) is 7.05 Å². The summed E-state index contributed by atoms with van der Waals surface area (Å²) in [6.45, 7) is 0. The second-order valence-electron chi connectivity index (χ2n) is 2.87. The van der Waals surface area contributed by atoms with E-state index in [0.717, 1.165) is 15.9 Å². The maximum atomic E-state index is 4.98. The van der Waals surface area contributed by atoms with Crippen molar-refractivity contribution in [3.05, 3.63) is 28.7 Å². The lowest BCUT2D eigenvalue weighted by molar-refractivity contribution is 0.797. The lowest BCUT2D eigenvalue weighted by atomic mass is 10.2. The molecule has 0 unspecified atom stereocenters. The van der Waals surface area contributed by atoms with E-state index in [2.05, 4.69) is 26.1 Å². The SMILES string of the molecule is Cn1c([S-])nnc1-c1ccc(Br)cc1. The van der Waals surface area contributed by atoms with Gasteiger partial charge < -0.3 is 17.2 Å². The van der Waals surface area contributed by atoms with E-state index < -0.39 is 0 Å². The first-order chi connectivity index (χ1) is 6.68. The monoisotopic (exact) mass is 268 g/mol. The summed E-state index contributed by atoms with van der Waals surface area (Å²) in [6.07, 6.45) is 0. The van der Waals surface area contributed by atoms with Crippen LogP contribution in [0.25, 0.3) is 11.4 Å². The first-order valence-corrected chi connectivity index (χ1v) is 5.21. The molecule has 0 atom stereocenters. The summed E-state index contributed by atoms with van der Waals surface area (Å²) in [4.78, 5) is 0. The van der Waals surface area contributed by atoms with Crippen LogP contribution < -0.4 is 0 Å². The molecule has 0 amide bonds. The fourth-order valence-electron chi connectivity index (χ4n) is 1.17. The predicted molar refractivity (Wildman–Crippen MR) is 59.8 cm³/mol. The van der Waals surface area contributed by atoms with Gasteiger partial charge in [-0.25, -0.2) is 0 Å². The summed E-state index contributed by atoms with van der Waals surface area (Å²) in [5, 5.41) is 8.34. The van der Waals surface area contributed by atoms with Gasteiger partial charge in [-0.2, -0.15) is 5.10 Å². The van der Waals surface area contributed by atoms with E-state index in [-0.39, 0.29) is 0 Å². The van der Waals surface area contributed by atoms with E-state index in [4.69, 9.17) is 12.6 Å². The number of halogens is 1. The van der Waals surface area contributed by atoms with E-state index in [1.165, 1.54) is 0 Å². The van der Waals surface area contributed by atoms with Crippen LogP contribution in [-0.4, -0.2) is 14.8 Å². The Hall–Kier alpha value is -0.940. The van der Waals surface area contributed by atoms with Crippen LogP contribution in [0.1, 0.15) is 0 Å². The van der Waals surface area contributed by atoms with Crippen LogP contribution in [0.4, 0.5) is 0 Å². The first kappa shape index (κ1) is 9.61. The summed E-state index contributed by atoms with van der Waals surface area (Å²) >= 11 is 8.36. The molecule has 0 aliphatic heterocycles. The molecule has 0 fully saturated rings. The lowest BCUT2D eigenvalue weighted by Crippen LogP contribution is -1.94. The fraction of sp³-hybridized carbons (Fsp3) is 0.111. The maximum absolute atomic E-state index is 4.98. The van der Waals surface area contributed by atoms with Crippen molar-refractivity contribution in [3.8, 4) is 11.4 Å². The van der Waals surface area contributed by atoms with Crippen LogP contribution in [0.5, 0.6) is 0 Å². The van der Waals surface area contributed by atoms with Crippen LogP contribution in [0.15, 0.2) is 33.9 Å². The fourth-order valence-corrected chi connectivity index (χ4v) is 1.56. The zero-order chi connectivity index (χ0) is 10.1. The van der Waals surface area contributed by atoms with Gasteiger partial charge >= 0.3 is 0 Å². The molecule has 3 nitrogen and oxygen atoms in total. The number of hydrogen-bond acceptors (Lipinski definition) is 3. The van der Waals surface area contributed by atoms with Crippen LogP contribution in [0, 0.1) is 0 Å². The predicted octanol–water partition coefficient (Wildman–Crippen LogP) is 2.15. The van der Waals surface area contributed by atoms with Gasteiger partial charge in [0.1, 0.15) is 0 Å². The summed E-state index contributed by atoms with van der Waals surface area (Å²) < 4.78 is 2.83. The summed E-state index contributed by atoms with van der Waals surface area (Å²) in [6, 6.07) is 7.88. The second-order valence-corrected chi connectivity index (χ2v) is 4.15. The molecule has 0 radical (unpaired) electrons. The third-order valence-electron chi connectivity index (χ3n) is 1.94. The van der Waals surface area contributed by atoms with Gasteiger partial charge in [-0.1, -0.05) is 28.1 Å². The molecule has 2 rings (SSSR count). The lowest BCUT2D eigenvalue weighted by Gasteiger charge is -2.05. The average Bonchev–Trinajstić information content (AvgIpc) is 2.50. The Morgan fingerprint density at radius 2 is 1.86 bits per heavy atom. The minimum atomic E-state index is 0.503. The van der Waals surface area contributed by atoms with Crippen LogP contribution in [0.2, 0.25) is 0 Å². The molecule has 1 aromatic heterocycles. The van der Waals surface area contributed by atoms with Gasteiger partial charge in [0.25, 0.3) is 0 Å². The molecule has 1 heterocycles. The van der Waals surface area contributed by atoms with E-state index in [0.29, 0.717) is 5.16 Å². The van der Waals surface area contributed by atoms with E-state index in [1.807, 2.05) is 31.3 Å². The average molecular weight is 269 g/mol. The highest BCUT2D eigenvalue weighted by Crippen LogP contribution is 2.19. The molecular formula is C9H7BrN3S-. The highest BCUT2D eigenvalue weighted by molar-refractivity contribution is 9.10. The van der Waals surface area contributed by atoms with Crippen molar-refractivity contribution in [2.75, 3.05) is 0 Å². The maximum Gasteiger partial charge on any atom is 0.162 e. The van der Waals surface area contributed by atoms with Crippen molar-refractivity contribution in [1.29, 1.82) is 0 Å². The Morgan fingerprint density at radius 1 is 1.21 bits per heavy atom. The molecule has 0 spiro atoms. The Balaban J connectivity index is 2.49. The van der Waals surface area contributed by atoms with Crippen LogP contribution in [-0.2, 0) is 19.7 Å². The van der Waals surface area contributed by atoms with E-state index >= 15 is 0 Å². The standard InChI is InChI=1S/C9H8BrN3S/c1-13-8(11-12-9(13)14)6-2-4-7(10)5-3-6/h2-5H,1H3,(H,12,14)/p-1. The largest absolute Gasteiger partial charge is 0.740 e. The Bertz CT molecular complexity index is 450. The van der Waals surface area contributed by atoms with Crippen LogP contribution >= 0.6 is 15.9 Å². The summed E-state index contributed by atoms with van der Waals surface area (Å²) in [7, 11) is 1.86. The van der Waals surface area contributed by atoms with Crippen molar-refractivity contribution < 1.29 is 0 Å². The molecule has 1 aromatic carbocycles. The number of benzene rings is 1. The molecule has 0 saturated carbocycles. The molecule has 0 N–H and O–H groups in total. The Labute approximate surface area is 95.7 Å². The van der Waals surface area contributed by atoms with Gasteiger partial charge in [0.05, 0.1) is 0 Å². The Morgan fingerprint density at radius 3 is 2.36 bits per heavy atom. The first-order valence-electron chi connectivity index (χ1n) is 4.01. The van der Waals surface area contributed by atoms with Gasteiger partial charge in [0, 0.05) is 22.2 Å². The summed E-state index contributed by atoms with van der Waals surface area (Å²) in [5.74, 6) is 0.794. The number of aromatic nitrogens is 3. The van der Waals surface area contributed by atoms with E-state index in [1.54, 1.807) is 4.57 Å². The molecule has 0 aliphatic rings. The molecule has 0 bridgehead atoms. The highest BCUT2D eigenvalue weighted by atomic mass is 79.9. The third-order valence-corrected chi connectivity index (χ3v) is 2.82. The normalized spacial score (nSPS) is 10.4. The molecular weight excluding hydrogens is 262 g/mol. The van der Waals surface area contributed by atoms with Gasteiger partial charge in [0.2, 0.25) is 0 Å². The molecule has 14 heavy (non-hydrogen) atoms. The van der Waals surface area contributed by atoms with Gasteiger partial charge in [-0.15, -0.1) is 5.10 Å². The smallest absolute Gasteiger partial charge is 0.162 e. The van der Waals surface area contributed by atoms with Crippen molar-refractivity contribution in [3.63, 3.8) is 0 Å². The van der Waals surface area contributed by atoms with E-state index in [9.17, 15) is 0 Å². The van der Waals surface area contributed by atoms with Crippen molar-refractivity contribution >= 4 is 28.6 Å². The third kappa shape index (κ3) is 1.65. The zero-order valence-corrected chi connectivity index (χ0v) is 9.84. The zero-order valence-electron chi connectivity index (χ0n) is 7.44. The van der Waals surface area contributed by atoms with Crippen LogP contribution in [0.3, 0.4) is 0 Å². The molecule has 72 valence electrons. The minimum absolute atomic E-state index is 0.503. The number of nitrogens with zero attached hydrogens (tertiary/aromatic N) is 3. The van der Waals surface area contributed by atoms with Gasteiger partial charge in [-0.3, -0.25) is 0 Å².